The minimum absolute atomic E-state index is 0.190. The largest absolute Gasteiger partial charge is 0.370 e. The van der Waals surface area contributed by atoms with Gasteiger partial charge in [0.05, 0.1) is 0 Å². The third-order valence-corrected chi connectivity index (χ3v) is 3.43. The van der Waals surface area contributed by atoms with Crippen LogP contribution in [0.25, 0.3) is 0 Å². The maximum atomic E-state index is 13.7. The van der Waals surface area contributed by atoms with Gasteiger partial charge in [-0.1, -0.05) is 24.3 Å². The molecule has 0 atom stereocenters. The van der Waals surface area contributed by atoms with E-state index in [2.05, 4.69) is 29.3 Å². The molecule has 0 fully saturated rings. The van der Waals surface area contributed by atoms with Crippen LogP contribution < -0.4 is 10.2 Å². The molecule has 0 bridgehead atoms. The summed E-state index contributed by atoms with van der Waals surface area (Å²) in [6.07, 6.45) is 0. The Morgan fingerprint density at radius 1 is 1.15 bits per heavy atom. The van der Waals surface area contributed by atoms with Crippen molar-refractivity contribution in [1.29, 1.82) is 0 Å². The zero-order valence-electron chi connectivity index (χ0n) is 12.3. The first-order valence-corrected chi connectivity index (χ1v) is 6.80. The van der Waals surface area contributed by atoms with Gasteiger partial charge in [0.2, 0.25) is 0 Å². The lowest BCUT2D eigenvalue weighted by molar-refractivity contribution is 0.623. The van der Waals surface area contributed by atoms with Crippen LogP contribution >= 0.6 is 0 Å². The molecule has 2 aromatic rings. The van der Waals surface area contributed by atoms with Crippen molar-refractivity contribution >= 4 is 5.69 Å². The summed E-state index contributed by atoms with van der Waals surface area (Å²) in [5.41, 5.74) is 4.37. The van der Waals surface area contributed by atoms with Gasteiger partial charge >= 0.3 is 0 Å². The Kier molecular flexibility index (Phi) is 4.74. The van der Waals surface area contributed by atoms with Crippen LogP contribution in [0.15, 0.2) is 42.5 Å². The smallest absolute Gasteiger partial charge is 0.125 e. The number of rotatable bonds is 5. The van der Waals surface area contributed by atoms with Gasteiger partial charge < -0.3 is 10.2 Å². The number of nitrogens with one attached hydrogen (secondary N) is 1. The van der Waals surface area contributed by atoms with Gasteiger partial charge in [0.15, 0.2) is 0 Å². The Hall–Kier alpha value is -1.87. The van der Waals surface area contributed by atoms with E-state index in [1.807, 2.05) is 32.3 Å². The van der Waals surface area contributed by atoms with Gasteiger partial charge in [-0.05, 0) is 48.9 Å². The Balaban J connectivity index is 2.20. The summed E-state index contributed by atoms with van der Waals surface area (Å²) in [6, 6.07) is 13.5. The summed E-state index contributed by atoms with van der Waals surface area (Å²) in [4.78, 5) is 2.07. The van der Waals surface area contributed by atoms with Crippen molar-refractivity contribution in [1.82, 2.24) is 5.32 Å². The normalized spacial score (nSPS) is 10.6. The van der Waals surface area contributed by atoms with Gasteiger partial charge in [0.1, 0.15) is 5.82 Å². The van der Waals surface area contributed by atoms with Gasteiger partial charge in [0, 0.05) is 25.8 Å². The average molecular weight is 272 g/mol. The summed E-state index contributed by atoms with van der Waals surface area (Å²) < 4.78 is 13.7. The fourth-order valence-corrected chi connectivity index (χ4v) is 2.29. The molecule has 0 spiro atoms. The Labute approximate surface area is 120 Å². The summed E-state index contributed by atoms with van der Waals surface area (Å²) >= 11 is 0. The number of halogens is 1. The van der Waals surface area contributed by atoms with Crippen molar-refractivity contribution in [3.05, 3.63) is 65.0 Å². The molecule has 20 heavy (non-hydrogen) atoms. The van der Waals surface area contributed by atoms with Crippen LogP contribution in [0.1, 0.15) is 16.7 Å². The molecule has 0 amide bonds. The fraction of sp³-hybridized carbons (Fsp3) is 0.294. The molecule has 0 saturated heterocycles. The number of benzene rings is 2. The molecule has 0 aromatic heterocycles. The minimum Gasteiger partial charge on any atom is -0.370 e. The van der Waals surface area contributed by atoms with Crippen LogP contribution in [0.2, 0.25) is 0 Å². The zero-order chi connectivity index (χ0) is 14.5. The van der Waals surface area contributed by atoms with E-state index < -0.39 is 0 Å². The predicted octanol–water partition coefficient (Wildman–Crippen LogP) is 3.49. The van der Waals surface area contributed by atoms with Crippen molar-refractivity contribution < 1.29 is 4.39 Å². The molecule has 0 heterocycles. The van der Waals surface area contributed by atoms with Crippen LogP contribution in [0.4, 0.5) is 10.1 Å². The van der Waals surface area contributed by atoms with Crippen molar-refractivity contribution in [3.63, 3.8) is 0 Å². The van der Waals surface area contributed by atoms with E-state index in [4.69, 9.17) is 0 Å². The van der Waals surface area contributed by atoms with Gasteiger partial charge in [-0.2, -0.15) is 0 Å². The highest BCUT2D eigenvalue weighted by Gasteiger charge is 2.07. The van der Waals surface area contributed by atoms with Crippen molar-refractivity contribution in [2.45, 2.75) is 20.0 Å². The second-order valence-electron chi connectivity index (χ2n) is 5.13. The molecule has 0 aliphatic rings. The first-order valence-electron chi connectivity index (χ1n) is 6.80. The van der Waals surface area contributed by atoms with Crippen molar-refractivity contribution in [3.8, 4) is 0 Å². The molecule has 2 aromatic carbocycles. The van der Waals surface area contributed by atoms with E-state index in [1.54, 1.807) is 12.1 Å². The van der Waals surface area contributed by atoms with Gasteiger partial charge in [-0.25, -0.2) is 4.39 Å². The summed E-state index contributed by atoms with van der Waals surface area (Å²) in [5, 5.41) is 3.05. The van der Waals surface area contributed by atoms with Gasteiger partial charge in [-0.15, -0.1) is 0 Å². The third-order valence-electron chi connectivity index (χ3n) is 3.43. The summed E-state index contributed by atoms with van der Waals surface area (Å²) in [5.74, 6) is -0.190. The van der Waals surface area contributed by atoms with Crippen LogP contribution in [0, 0.1) is 12.7 Å². The van der Waals surface area contributed by atoms with E-state index in [0.29, 0.717) is 6.54 Å². The monoisotopic (exact) mass is 272 g/mol. The van der Waals surface area contributed by atoms with E-state index in [9.17, 15) is 4.39 Å². The second kappa shape index (κ2) is 6.53. The predicted molar refractivity (Wildman–Crippen MR) is 82.4 cm³/mol. The van der Waals surface area contributed by atoms with Crippen LogP contribution in [-0.4, -0.2) is 14.1 Å². The van der Waals surface area contributed by atoms with Crippen LogP contribution in [-0.2, 0) is 13.1 Å². The number of hydrogen-bond donors (Lipinski definition) is 1. The van der Waals surface area contributed by atoms with Gasteiger partial charge in [-0.3, -0.25) is 0 Å². The summed E-state index contributed by atoms with van der Waals surface area (Å²) in [7, 11) is 3.85. The third kappa shape index (κ3) is 3.58. The molecule has 2 nitrogen and oxygen atoms in total. The number of nitrogens with zero attached hydrogens (tertiary/aromatic N) is 1. The quantitative estimate of drug-likeness (QED) is 0.896. The molecule has 0 aliphatic carbocycles. The Morgan fingerprint density at radius 3 is 2.60 bits per heavy atom. The van der Waals surface area contributed by atoms with Crippen LogP contribution in [0.3, 0.4) is 0 Å². The molecule has 3 heteroatoms. The standard InChI is InChI=1S/C17H21FN2/c1-13-6-4-5-7-15(13)12-20(3)17-9-14(11-19-2)8-16(18)10-17/h4-10,19H,11-12H2,1-3H3. The van der Waals surface area contributed by atoms with Crippen molar-refractivity contribution in [2.24, 2.45) is 0 Å². The first-order chi connectivity index (χ1) is 9.60. The lowest BCUT2D eigenvalue weighted by Gasteiger charge is -2.21. The fourth-order valence-electron chi connectivity index (χ4n) is 2.29. The SMILES string of the molecule is CNCc1cc(F)cc(N(C)Cc2ccccc2C)c1. The maximum absolute atomic E-state index is 13.7. The molecule has 2 rings (SSSR count). The van der Waals surface area contributed by atoms with E-state index >= 15 is 0 Å². The average Bonchev–Trinajstić information content (AvgIpc) is 2.41. The zero-order valence-corrected chi connectivity index (χ0v) is 12.3. The molecule has 1 N–H and O–H groups in total. The molecular formula is C17H21FN2. The molecule has 0 unspecified atom stereocenters. The van der Waals surface area contributed by atoms with E-state index in [0.717, 1.165) is 17.8 Å². The highest BCUT2D eigenvalue weighted by atomic mass is 19.1. The molecule has 0 saturated carbocycles. The highest BCUT2D eigenvalue weighted by Crippen LogP contribution is 2.20. The summed E-state index contributed by atoms with van der Waals surface area (Å²) in [6.45, 7) is 3.54. The number of hydrogen-bond acceptors (Lipinski definition) is 2. The number of anilines is 1. The second-order valence-corrected chi connectivity index (χ2v) is 5.13. The lowest BCUT2D eigenvalue weighted by Crippen LogP contribution is -2.18. The van der Waals surface area contributed by atoms with Crippen LogP contribution in [0.5, 0.6) is 0 Å². The topological polar surface area (TPSA) is 15.3 Å². The molecule has 106 valence electrons. The molecule has 0 aliphatic heterocycles. The Bertz CT molecular complexity index is 581. The van der Waals surface area contributed by atoms with E-state index in [1.165, 1.54) is 11.1 Å². The molecular weight excluding hydrogens is 251 g/mol. The maximum Gasteiger partial charge on any atom is 0.125 e. The number of aryl methyl sites for hydroxylation is 1. The minimum atomic E-state index is -0.190. The molecule has 0 radical (unpaired) electrons. The van der Waals surface area contributed by atoms with E-state index in [-0.39, 0.29) is 5.82 Å². The van der Waals surface area contributed by atoms with Crippen molar-refractivity contribution in [2.75, 3.05) is 19.0 Å². The highest BCUT2D eigenvalue weighted by molar-refractivity contribution is 5.49. The lowest BCUT2D eigenvalue weighted by atomic mass is 10.1. The first kappa shape index (κ1) is 14.5. The Morgan fingerprint density at radius 2 is 1.90 bits per heavy atom. The van der Waals surface area contributed by atoms with Gasteiger partial charge in [0.25, 0.3) is 0 Å².